The lowest BCUT2D eigenvalue weighted by atomic mass is 9.92. The van der Waals surface area contributed by atoms with Gasteiger partial charge in [-0.3, -0.25) is 4.79 Å². The van der Waals surface area contributed by atoms with Crippen molar-refractivity contribution in [3.05, 3.63) is 12.2 Å². The quantitative estimate of drug-likeness (QED) is 0.530. The van der Waals surface area contributed by atoms with Crippen LogP contribution in [0.4, 0.5) is 4.79 Å². The molecule has 0 spiro atoms. The maximum atomic E-state index is 12.2. The summed E-state index contributed by atoms with van der Waals surface area (Å²) < 4.78 is 5.19. The van der Waals surface area contributed by atoms with Crippen LogP contribution in [0.25, 0.3) is 0 Å². The van der Waals surface area contributed by atoms with Crippen LogP contribution in [0.2, 0.25) is 0 Å². The van der Waals surface area contributed by atoms with Gasteiger partial charge in [0, 0.05) is 22.3 Å². The van der Waals surface area contributed by atoms with Gasteiger partial charge in [-0.25, -0.2) is 4.79 Å². The highest BCUT2D eigenvalue weighted by molar-refractivity contribution is 8.14. The Morgan fingerprint density at radius 1 is 1.04 bits per heavy atom. The Labute approximate surface area is 160 Å². The lowest BCUT2D eigenvalue weighted by Crippen LogP contribution is -2.25. The maximum Gasteiger partial charge on any atom is 0.368 e. The maximum absolute atomic E-state index is 12.2. The second-order valence-corrected chi connectivity index (χ2v) is 12.2. The first-order valence-electron chi connectivity index (χ1n) is 8.82. The molecular formula is C19H32O4S2. The van der Waals surface area contributed by atoms with E-state index in [1.165, 1.54) is 11.8 Å². The average molecular weight is 389 g/mol. The number of rotatable bonds is 3. The van der Waals surface area contributed by atoms with Gasteiger partial charge in [-0.05, 0) is 36.6 Å². The number of hydrogen-bond acceptors (Lipinski definition) is 6. The zero-order valence-corrected chi connectivity index (χ0v) is 17.8. The van der Waals surface area contributed by atoms with Gasteiger partial charge in [-0.2, -0.15) is 0 Å². The summed E-state index contributed by atoms with van der Waals surface area (Å²) in [6.45, 7) is 11.9. The second kappa shape index (κ2) is 9.47. The Hall–Kier alpha value is -0.460. The smallest absolute Gasteiger partial charge is 0.368 e. The molecule has 1 rings (SSSR count). The molecule has 4 nitrogen and oxygen atoms in total. The summed E-state index contributed by atoms with van der Waals surface area (Å²) in [4.78, 5) is 24.2. The minimum Gasteiger partial charge on any atom is -0.450 e. The molecule has 144 valence electrons. The fraction of sp³-hybridized carbons (Fsp3) is 0.789. The topological polar surface area (TPSA) is 63.6 Å². The normalized spacial score (nSPS) is 26.4. The molecule has 3 atom stereocenters. The van der Waals surface area contributed by atoms with Gasteiger partial charge in [0.25, 0.3) is 0 Å². The zero-order chi connectivity index (χ0) is 19.3. The van der Waals surface area contributed by atoms with Crippen LogP contribution in [0, 0.1) is 5.92 Å². The Morgan fingerprint density at radius 3 is 2.20 bits per heavy atom. The predicted octanol–water partition coefficient (Wildman–Crippen LogP) is 5.19. The van der Waals surface area contributed by atoms with Crippen LogP contribution in [-0.4, -0.2) is 37.2 Å². The molecule has 0 aliphatic heterocycles. The van der Waals surface area contributed by atoms with Gasteiger partial charge in [0.1, 0.15) is 6.10 Å². The summed E-state index contributed by atoms with van der Waals surface area (Å²) in [6.07, 6.45) is 5.10. The third-order valence-corrected chi connectivity index (χ3v) is 5.34. The highest BCUT2D eigenvalue weighted by Crippen LogP contribution is 2.30. The van der Waals surface area contributed by atoms with E-state index in [9.17, 15) is 14.7 Å². The van der Waals surface area contributed by atoms with Gasteiger partial charge in [0.15, 0.2) is 5.12 Å². The molecule has 0 aromatic carbocycles. The molecule has 0 aromatic heterocycles. The van der Waals surface area contributed by atoms with Crippen molar-refractivity contribution in [3.63, 3.8) is 0 Å². The highest BCUT2D eigenvalue weighted by Gasteiger charge is 2.25. The number of aliphatic hydroxyl groups is 1. The van der Waals surface area contributed by atoms with Crippen LogP contribution in [0.5, 0.6) is 0 Å². The van der Waals surface area contributed by atoms with Crippen LogP contribution < -0.4 is 0 Å². The van der Waals surface area contributed by atoms with E-state index in [4.69, 9.17) is 4.74 Å². The second-order valence-electron chi connectivity index (χ2n) is 8.52. The van der Waals surface area contributed by atoms with Crippen LogP contribution in [0.15, 0.2) is 12.2 Å². The van der Waals surface area contributed by atoms with E-state index >= 15 is 0 Å². The molecule has 6 heteroatoms. The van der Waals surface area contributed by atoms with E-state index in [0.29, 0.717) is 19.3 Å². The molecule has 1 N–H and O–H groups in total. The molecule has 25 heavy (non-hydrogen) atoms. The lowest BCUT2D eigenvalue weighted by Gasteiger charge is -2.25. The summed E-state index contributed by atoms with van der Waals surface area (Å²) in [7, 11) is 0. The molecule has 0 radical (unpaired) electrons. The number of carbonyl (C=O) groups excluding carboxylic acids is 2. The van der Waals surface area contributed by atoms with Crippen molar-refractivity contribution in [3.8, 4) is 0 Å². The van der Waals surface area contributed by atoms with Gasteiger partial charge in [-0.1, -0.05) is 59.4 Å². The first-order chi connectivity index (χ1) is 11.3. The third-order valence-electron chi connectivity index (χ3n) is 3.46. The molecule has 0 heterocycles. The number of thioether (sulfide) groups is 2. The molecule has 0 amide bonds. The molecule has 3 unspecified atom stereocenters. The summed E-state index contributed by atoms with van der Waals surface area (Å²) in [5.74, 6) is 0.0776. The van der Waals surface area contributed by atoms with Crippen molar-refractivity contribution in [2.24, 2.45) is 5.92 Å². The Balaban J connectivity index is 2.66. The Morgan fingerprint density at radius 2 is 1.64 bits per heavy atom. The monoisotopic (exact) mass is 388 g/mol. The molecule has 0 fully saturated rings. The van der Waals surface area contributed by atoms with Crippen molar-refractivity contribution in [1.82, 2.24) is 0 Å². The van der Waals surface area contributed by atoms with Crippen molar-refractivity contribution in [1.29, 1.82) is 0 Å². The molecule has 1 aliphatic carbocycles. The number of allylic oxidation sites excluding steroid dienone is 1. The summed E-state index contributed by atoms with van der Waals surface area (Å²) in [5, 5.41) is 9.98. The zero-order valence-electron chi connectivity index (χ0n) is 16.2. The number of carbonyl (C=O) groups is 2. The average Bonchev–Trinajstić information content (AvgIpc) is 2.35. The van der Waals surface area contributed by atoms with E-state index in [2.05, 4.69) is 0 Å². The molecule has 0 bridgehead atoms. The van der Waals surface area contributed by atoms with Crippen molar-refractivity contribution < 1.29 is 19.4 Å². The van der Waals surface area contributed by atoms with Crippen LogP contribution in [-0.2, 0) is 9.53 Å². The van der Waals surface area contributed by atoms with Crippen molar-refractivity contribution in [2.45, 2.75) is 88.9 Å². The largest absolute Gasteiger partial charge is 0.450 e. The van der Waals surface area contributed by atoms with Crippen LogP contribution in [0.3, 0.4) is 0 Å². The number of ether oxygens (including phenoxy) is 1. The molecule has 0 saturated carbocycles. The summed E-state index contributed by atoms with van der Waals surface area (Å²) in [5.41, 5.74) is 0. The van der Waals surface area contributed by atoms with E-state index in [1.807, 2.05) is 53.7 Å². The van der Waals surface area contributed by atoms with Crippen LogP contribution in [0.1, 0.15) is 67.2 Å². The molecule has 0 saturated heterocycles. The highest BCUT2D eigenvalue weighted by atomic mass is 32.2. The summed E-state index contributed by atoms with van der Waals surface area (Å²) in [6, 6.07) is 0. The van der Waals surface area contributed by atoms with Crippen molar-refractivity contribution >= 4 is 33.9 Å². The van der Waals surface area contributed by atoms with E-state index in [-0.39, 0.29) is 25.8 Å². The third kappa shape index (κ3) is 11.0. The molecule has 1 aliphatic rings. The van der Waals surface area contributed by atoms with Gasteiger partial charge < -0.3 is 9.84 Å². The Bertz CT molecular complexity index is 489. The fourth-order valence-electron chi connectivity index (χ4n) is 2.50. The minimum atomic E-state index is -0.518. The van der Waals surface area contributed by atoms with Gasteiger partial charge in [0.2, 0.25) is 0 Å². The van der Waals surface area contributed by atoms with E-state index < -0.39 is 12.2 Å². The SMILES string of the molecule is CC(C)(C)SC(=O)CC1/C=C/C(OC(=O)SC(C)(C)C)CC(O)CC1. The first-order valence-corrected chi connectivity index (χ1v) is 10.5. The fourth-order valence-corrected chi connectivity index (χ4v) is 4.15. The standard InChI is InChI=1S/C19H32O4S2/c1-18(2,3)24-16(21)11-13-7-9-14(20)12-15(10-8-13)23-17(22)25-19(4,5)6/h8,10,13-15,20H,7,9,11-12H2,1-6H3/b10-8+. The van der Waals surface area contributed by atoms with Crippen molar-refractivity contribution in [2.75, 3.05) is 0 Å². The van der Waals surface area contributed by atoms with E-state index in [0.717, 1.165) is 18.2 Å². The summed E-state index contributed by atoms with van der Waals surface area (Å²) >= 11 is 2.50. The molecular weight excluding hydrogens is 356 g/mol. The van der Waals surface area contributed by atoms with E-state index in [1.54, 1.807) is 0 Å². The predicted molar refractivity (Wildman–Crippen MR) is 107 cm³/mol. The Kier molecular flexibility index (Phi) is 8.55. The van der Waals surface area contributed by atoms with Crippen LogP contribution >= 0.6 is 23.5 Å². The number of hydrogen-bond donors (Lipinski definition) is 1. The van der Waals surface area contributed by atoms with Gasteiger partial charge >= 0.3 is 5.30 Å². The first kappa shape index (κ1) is 22.6. The lowest BCUT2D eigenvalue weighted by molar-refractivity contribution is -0.111. The number of aliphatic hydroxyl groups excluding tert-OH is 1. The van der Waals surface area contributed by atoms with Gasteiger partial charge in [-0.15, -0.1) is 0 Å². The van der Waals surface area contributed by atoms with Gasteiger partial charge in [0.05, 0.1) is 6.10 Å². The minimum absolute atomic E-state index is 0.0776. The molecule has 0 aromatic rings.